The van der Waals surface area contributed by atoms with E-state index in [2.05, 4.69) is 49.0 Å². The third kappa shape index (κ3) is 2.11. The van der Waals surface area contributed by atoms with Crippen LogP contribution in [-0.2, 0) is 0 Å². The van der Waals surface area contributed by atoms with Gasteiger partial charge in [-0.15, -0.1) is 0 Å². The van der Waals surface area contributed by atoms with Gasteiger partial charge in [-0.3, -0.25) is 0 Å². The van der Waals surface area contributed by atoms with Gasteiger partial charge in [-0.2, -0.15) is 0 Å². The number of hydrogen-bond acceptors (Lipinski definition) is 2. The summed E-state index contributed by atoms with van der Waals surface area (Å²) in [4.78, 5) is 4.61. The van der Waals surface area contributed by atoms with Gasteiger partial charge in [-0.05, 0) is 47.4 Å². The summed E-state index contributed by atoms with van der Waals surface area (Å²) < 4.78 is 3.32. The van der Waals surface area contributed by atoms with E-state index in [9.17, 15) is 0 Å². The van der Waals surface area contributed by atoms with Gasteiger partial charge in [0.2, 0.25) is 0 Å². The van der Waals surface area contributed by atoms with E-state index in [1.54, 1.807) is 0 Å². The Bertz CT molecular complexity index is 512. The van der Waals surface area contributed by atoms with Crippen LogP contribution in [0.1, 0.15) is 31.0 Å². The Kier molecular flexibility index (Phi) is 3.16. The maximum absolute atomic E-state index is 4.61. The van der Waals surface area contributed by atoms with E-state index in [1.807, 2.05) is 6.20 Å². The SMILES string of the molecule is Brc1cccn2c(C3CCCCNC3)ncc12. The lowest BCUT2D eigenvalue weighted by molar-refractivity contribution is 0.576. The molecule has 2 aromatic rings. The molecule has 4 heteroatoms. The first-order chi connectivity index (χ1) is 8.36. The molecule has 1 unspecified atom stereocenters. The molecule has 3 heterocycles. The third-order valence-corrected chi connectivity index (χ3v) is 4.13. The van der Waals surface area contributed by atoms with Crippen LogP contribution in [0.15, 0.2) is 29.0 Å². The monoisotopic (exact) mass is 293 g/mol. The average molecular weight is 294 g/mol. The quantitative estimate of drug-likeness (QED) is 0.876. The zero-order valence-electron chi connectivity index (χ0n) is 9.69. The van der Waals surface area contributed by atoms with E-state index in [4.69, 9.17) is 0 Å². The Morgan fingerprint density at radius 2 is 2.35 bits per heavy atom. The molecule has 2 aromatic heterocycles. The number of fused-ring (bicyclic) bond motifs is 1. The van der Waals surface area contributed by atoms with Crippen LogP contribution in [0.5, 0.6) is 0 Å². The van der Waals surface area contributed by atoms with Crippen molar-refractivity contribution in [2.45, 2.75) is 25.2 Å². The summed E-state index contributed by atoms with van der Waals surface area (Å²) in [5.74, 6) is 1.73. The molecule has 0 saturated carbocycles. The highest BCUT2D eigenvalue weighted by molar-refractivity contribution is 9.10. The number of hydrogen-bond donors (Lipinski definition) is 1. The highest BCUT2D eigenvalue weighted by Gasteiger charge is 2.18. The van der Waals surface area contributed by atoms with E-state index in [-0.39, 0.29) is 0 Å². The number of imidazole rings is 1. The first-order valence-electron chi connectivity index (χ1n) is 6.18. The van der Waals surface area contributed by atoms with Gasteiger partial charge in [0.25, 0.3) is 0 Å². The molecule has 0 radical (unpaired) electrons. The summed E-state index contributed by atoms with van der Waals surface area (Å²) >= 11 is 3.57. The molecule has 1 atom stereocenters. The Labute approximate surface area is 109 Å². The van der Waals surface area contributed by atoms with E-state index < -0.39 is 0 Å². The third-order valence-electron chi connectivity index (χ3n) is 3.46. The molecule has 1 aliphatic heterocycles. The number of nitrogens with one attached hydrogen (secondary N) is 1. The maximum Gasteiger partial charge on any atom is 0.117 e. The average Bonchev–Trinajstić information content (AvgIpc) is 2.59. The number of rotatable bonds is 1. The highest BCUT2D eigenvalue weighted by Crippen LogP contribution is 2.26. The van der Waals surface area contributed by atoms with Crippen LogP contribution >= 0.6 is 15.9 Å². The molecule has 0 amide bonds. The molecule has 1 fully saturated rings. The van der Waals surface area contributed by atoms with Crippen LogP contribution in [0.3, 0.4) is 0 Å². The van der Waals surface area contributed by atoms with Gasteiger partial charge in [0.05, 0.1) is 11.7 Å². The number of nitrogens with zero attached hydrogens (tertiary/aromatic N) is 2. The second-order valence-electron chi connectivity index (χ2n) is 4.62. The fraction of sp³-hybridized carbons (Fsp3) is 0.462. The molecule has 3 rings (SSSR count). The fourth-order valence-electron chi connectivity index (χ4n) is 2.55. The summed E-state index contributed by atoms with van der Waals surface area (Å²) in [5.41, 5.74) is 1.16. The Morgan fingerprint density at radius 3 is 3.29 bits per heavy atom. The lowest BCUT2D eigenvalue weighted by Crippen LogP contribution is -2.20. The van der Waals surface area contributed by atoms with E-state index in [0.29, 0.717) is 5.92 Å². The van der Waals surface area contributed by atoms with Gasteiger partial charge in [0, 0.05) is 23.1 Å². The molecule has 0 aromatic carbocycles. The largest absolute Gasteiger partial charge is 0.316 e. The van der Waals surface area contributed by atoms with Crippen LogP contribution in [0.25, 0.3) is 5.52 Å². The van der Waals surface area contributed by atoms with E-state index in [0.717, 1.165) is 23.1 Å². The van der Waals surface area contributed by atoms with Crippen LogP contribution < -0.4 is 5.32 Å². The molecule has 3 nitrogen and oxygen atoms in total. The molecule has 90 valence electrons. The fourth-order valence-corrected chi connectivity index (χ4v) is 3.00. The molecular formula is C13H16BrN3. The Hall–Kier alpha value is -0.870. The second-order valence-corrected chi connectivity index (χ2v) is 5.48. The van der Waals surface area contributed by atoms with Gasteiger partial charge in [-0.1, -0.05) is 6.42 Å². The molecular weight excluding hydrogens is 278 g/mol. The summed E-state index contributed by atoms with van der Waals surface area (Å²) in [6, 6.07) is 4.12. The first-order valence-corrected chi connectivity index (χ1v) is 6.98. The molecule has 0 spiro atoms. The number of aromatic nitrogens is 2. The van der Waals surface area contributed by atoms with Crippen molar-refractivity contribution in [3.8, 4) is 0 Å². The zero-order chi connectivity index (χ0) is 11.7. The van der Waals surface area contributed by atoms with Crippen LogP contribution in [0.2, 0.25) is 0 Å². The number of halogens is 1. The second kappa shape index (κ2) is 4.78. The van der Waals surface area contributed by atoms with Gasteiger partial charge in [0.1, 0.15) is 5.82 Å². The molecule has 1 saturated heterocycles. The normalized spacial score (nSPS) is 21.6. The van der Waals surface area contributed by atoms with Crippen LogP contribution in [0, 0.1) is 0 Å². The predicted octanol–water partition coefficient (Wildman–Crippen LogP) is 2.95. The smallest absolute Gasteiger partial charge is 0.117 e. The topological polar surface area (TPSA) is 29.3 Å². The summed E-state index contributed by atoms with van der Waals surface area (Å²) in [6.45, 7) is 2.19. The minimum absolute atomic E-state index is 0.536. The highest BCUT2D eigenvalue weighted by atomic mass is 79.9. The van der Waals surface area contributed by atoms with Crippen molar-refractivity contribution in [1.29, 1.82) is 0 Å². The lowest BCUT2D eigenvalue weighted by atomic mass is 10.0. The van der Waals surface area contributed by atoms with Crippen molar-refractivity contribution in [2.75, 3.05) is 13.1 Å². The molecule has 0 bridgehead atoms. The predicted molar refractivity (Wildman–Crippen MR) is 72.4 cm³/mol. The van der Waals surface area contributed by atoms with Crippen molar-refractivity contribution in [3.05, 3.63) is 34.8 Å². The Balaban J connectivity index is 2.02. The minimum Gasteiger partial charge on any atom is -0.316 e. The van der Waals surface area contributed by atoms with Crippen LogP contribution in [-0.4, -0.2) is 22.5 Å². The summed E-state index contributed by atoms with van der Waals surface area (Å²) in [6.07, 6.45) is 7.88. The summed E-state index contributed by atoms with van der Waals surface area (Å²) in [7, 11) is 0. The van der Waals surface area contributed by atoms with Crippen molar-refractivity contribution in [2.24, 2.45) is 0 Å². The zero-order valence-corrected chi connectivity index (χ0v) is 11.3. The van der Waals surface area contributed by atoms with Gasteiger partial charge < -0.3 is 9.72 Å². The molecule has 0 aliphatic carbocycles. The lowest BCUT2D eigenvalue weighted by Gasteiger charge is -2.13. The molecule has 17 heavy (non-hydrogen) atoms. The summed E-state index contributed by atoms with van der Waals surface area (Å²) in [5, 5.41) is 3.50. The minimum atomic E-state index is 0.536. The first kappa shape index (κ1) is 11.2. The van der Waals surface area contributed by atoms with Gasteiger partial charge >= 0.3 is 0 Å². The van der Waals surface area contributed by atoms with Crippen LogP contribution in [0.4, 0.5) is 0 Å². The van der Waals surface area contributed by atoms with Crippen molar-refractivity contribution in [3.63, 3.8) is 0 Å². The van der Waals surface area contributed by atoms with Gasteiger partial charge in [0.15, 0.2) is 0 Å². The molecule has 1 aliphatic rings. The standard InChI is InChI=1S/C13H16BrN3/c14-11-5-3-7-17-12(11)9-16-13(17)10-4-1-2-6-15-8-10/h3,5,7,9-10,15H,1-2,4,6,8H2. The van der Waals surface area contributed by atoms with E-state index in [1.165, 1.54) is 25.1 Å². The van der Waals surface area contributed by atoms with Crippen molar-refractivity contribution < 1.29 is 0 Å². The molecule has 1 N–H and O–H groups in total. The van der Waals surface area contributed by atoms with Gasteiger partial charge in [-0.25, -0.2) is 4.98 Å². The van der Waals surface area contributed by atoms with Crippen molar-refractivity contribution in [1.82, 2.24) is 14.7 Å². The Morgan fingerprint density at radius 1 is 1.41 bits per heavy atom. The van der Waals surface area contributed by atoms with E-state index >= 15 is 0 Å². The maximum atomic E-state index is 4.61. The number of pyridine rings is 1. The van der Waals surface area contributed by atoms with Crippen molar-refractivity contribution >= 4 is 21.4 Å².